The lowest BCUT2D eigenvalue weighted by atomic mass is 10.1. The molecule has 0 saturated carbocycles. The summed E-state index contributed by atoms with van der Waals surface area (Å²) in [6, 6.07) is 14.8. The van der Waals surface area contributed by atoms with Gasteiger partial charge in [0, 0.05) is 13.6 Å². The highest BCUT2D eigenvalue weighted by Gasteiger charge is 2.25. The molecule has 0 aliphatic carbocycles. The summed E-state index contributed by atoms with van der Waals surface area (Å²) in [4.78, 5) is 26.7. The van der Waals surface area contributed by atoms with Gasteiger partial charge < -0.3 is 15.0 Å². The van der Waals surface area contributed by atoms with Crippen LogP contribution in [0.1, 0.15) is 23.6 Å². The van der Waals surface area contributed by atoms with E-state index in [0.29, 0.717) is 6.54 Å². The minimum Gasteiger partial charge on any atom is -0.497 e. The summed E-state index contributed by atoms with van der Waals surface area (Å²) in [5, 5.41) is 2.62. The highest BCUT2D eigenvalue weighted by Crippen LogP contribution is 2.15. The lowest BCUT2D eigenvalue weighted by Crippen LogP contribution is -2.47. The number of hydrogen-bond acceptors (Lipinski definition) is 3. The zero-order valence-electron chi connectivity index (χ0n) is 15.8. The number of methoxy groups -OCH3 is 1. The van der Waals surface area contributed by atoms with Crippen LogP contribution >= 0.6 is 0 Å². The van der Waals surface area contributed by atoms with E-state index in [-0.39, 0.29) is 18.2 Å². The third-order valence-electron chi connectivity index (χ3n) is 4.40. The van der Waals surface area contributed by atoms with Gasteiger partial charge >= 0.3 is 0 Å². The minimum atomic E-state index is -0.549. The Morgan fingerprint density at radius 3 is 2.15 bits per heavy atom. The molecule has 0 bridgehead atoms. The standard InChI is InChI=1S/C21H26N2O3/c1-15-5-7-18(8-6-15)14-23(16(2)21(25)22-3)20(24)13-17-9-11-19(26-4)12-10-17/h5-12,16H,13-14H2,1-4H3,(H,22,25). The Morgan fingerprint density at radius 1 is 1.04 bits per heavy atom. The maximum atomic E-state index is 12.9. The number of rotatable bonds is 7. The highest BCUT2D eigenvalue weighted by atomic mass is 16.5. The minimum absolute atomic E-state index is 0.0909. The van der Waals surface area contributed by atoms with Crippen LogP contribution in [-0.4, -0.2) is 36.9 Å². The second-order valence-electron chi connectivity index (χ2n) is 6.32. The van der Waals surface area contributed by atoms with E-state index >= 15 is 0 Å². The molecule has 0 aliphatic heterocycles. The van der Waals surface area contributed by atoms with Gasteiger partial charge in [0.15, 0.2) is 0 Å². The quantitative estimate of drug-likeness (QED) is 0.832. The number of aryl methyl sites for hydroxylation is 1. The Hall–Kier alpha value is -2.82. The number of amides is 2. The molecule has 1 atom stereocenters. The van der Waals surface area contributed by atoms with E-state index in [1.54, 1.807) is 26.0 Å². The van der Waals surface area contributed by atoms with Crippen molar-refractivity contribution in [3.8, 4) is 5.75 Å². The van der Waals surface area contributed by atoms with E-state index in [4.69, 9.17) is 4.74 Å². The molecular weight excluding hydrogens is 328 g/mol. The molecule has 5 heteroatoms. The van der Waals surface area contributed by atoms with Crippen LogP contribution in [-0.2, 0) is 22.6 Å². The van der Waals surface area contributed by atoms with E-state index in [1.807, 2.05) is 55.5 Å². The van der Waals surface area contributed by atoms with Gasteiger partial charge in [0.1, 0.15) is 11.8 Å². The second-order valence-corrected chi connectivity index (χ2v) is 6.32. The van der Waals surface area contributed by atoms with Crippen molar-refractivity contribution < 1.29 is 14.3 Å². The normalized spacial score (nSPS) is 11.5. The third-order valence-corrected chi connectivity index (χ3v) is 4.40. The molecule has 0 saturated heterocycles. The first-order valence-corrected chi connectivity index (χ1v) is 8.64. The lowest BCUT2D eigenvalue weighted by molar-refractivity contribution is -0.139. The fraction of sp³-hybridized carbons (Fsp3) is 0.333. The number of hydrogen-bond donors (Lipinski definition) is 1. The average Bonchev–Trinajstić information content (AvgIpc) is 2.66. The van der Waals surface area contributed by atoms with E-state index in [9.17, 15) is 9.59 Å². The smallest absolute Gasteiger partial charge is 0.242 e. The van der Waals surface area contributed by atoms with Gasteiger partial charge in [-0.05, 0) is 37.1 Å². The third kappa shape index (κ3) is 5.09. The van der Waals surface area contributed by atoms with E-state index in [2.05, 4.69) is 5.32 Å². The Kier molecular flexibility index (Phi) is 6.78. The molecule has 1 N–H and O–H groups in total. The zero-order valence-corrected chi connectivity index (χ0v) is 15.8. The molecule has 138 valence electrons. The molecule has 0 fully saturated rings. The van der Waals surface area contributed by atoms with Crippen LogP contribution in [0.2, 0.25) is 0 Å². The molecule has 26 heavy (non-hydrogen) atoms. The van der Waals surface area contributed by atoms with Gasteiger partial charge in [-0.15, -0.1) is 0 Å². The van der Waals surface area contributed by atoms with Crippen LogP contribution in [0.3, 0.4) is 0 Å². The number of carbonyl (C=O) groups is 2. The second kappa shape index (κ2) is 9.04. The van der Waals surface area contributed by atoms with Gasteiger partial charge in [-0.3, -0.25) is 9.59 Å². The molecule has 2 rings (SSSR count). The number of benzene rings is 2. The van der Waals surface area contributed by atoms with Gasteiger partial charge in [-0.1, -0.05) is 42.0 Å². The molecule has 0 aromatic heterocycles. The monoisotopic (exact) mass is 354 g/mol. The van der Waals surface area contributed by atoms with Crippen LogP contribution in [0.4, 0.5) is 0 Å². The predicted octanol–water partition coefficient (Wildman–Crippen LogP) is 2.71. The molecule has 5 nitrogen and oxygen atoms in total. The van der Waals surface area contributed by atoms with Crippen molar-refractivity contribution in [2.45, 2.75) is 32.9 Å². The average molecular weight is 354 g/mol. The Balaban J connectivity index is 2.18. The van der Waals surface area contributed by atoms with Crippen molar-refractivity contribution in [3.05, 3.63) is 65.2 Å². The number of nitrogens with zero attached hydrogens (tertiary/aromatic N) is 1. The van der Waals surface area contributed by atoms with Crippen molar-refractivity contribution >= 4 is 11.8 Å². The summed E-state index contributed by atoms with van der Waals surface area (Å²) in [6.45, 7) is 4.16. The first-order valence-electron chi connectivity index (χ1n) is 8.64. The molecule has 0 spiro atoms. The fourth-order valence-electron chi connectivity index (χ4n) is 2.70. The first kappa shape index (κ1) is 19.5. The maximum absolute atomic E-state index is 12.9. The molecule has 2 aromatic rings. The summed E-state index contributed by atoms with van der Waals surface area (Å²) in [5.41, 5.74) is 3.03. The molecule has 0 aliphatic rings. The number of nitrogens with one attached hydrogen (secondary N) is 1. The molecule has 2 aromatic carbocycles. The van der Waals surface area contributed by atoms with Crippen LogP contribution in [0.25, 0.3) is 0 Å². The van der Waals surface area contributed by atoms with Crippen molar-refractivity contribution in [1.82, 2.24) is 10.2 Å². The van der Waals surface area contributed by atoms with Crippen molar-refractivity contribution in [2.75, 3.05) is 14.2 Å². The lowest BCUT2D eigenvalue weighted by Gasteiger charge is -2.28. The van der Waals surface area contributed by atoms with Gasteiger partial charge in [-0.25, -0.2) is 0 Å². The molecule has 0 heterocycles. The SMILES string of the molecule is CNC(=O)C(C)N(Cc1ccc(C)cc1)C(=O)Cc1ccc(OC)cc1. The summed E-state index contributed by atoms with van der Waals surface area (Å²) in [7, 11) is 3.19. The topological polar surface area (TPSA) is 58.6 Å². The maximum Gasteiger partial charge on any atom is 0.242 e. The fourth-order valence-corrected chi connectivity index (χ4v) is 2.70. The number of ether oxygens (including phenoxy) is 1. The molecule has 2 amide bonds. The van der Waals surface area contributed by atoms with Crippen LogP contribution in [0.15, 0.2) is 48.5 Å². The first-order chi connectivity index (χ1) is 12.4. The summed E-state index contributed by atoms with van der Waals surface area (Å²) >= 11 is 0. The van der Waals surface area contributed by atoms with E-state index < -0.39 is 6.04 Å². The summed E-state index contributed by atoms with van der Waals surface area (Å²) < 4.78 is 5.15. The number of carbonyl (C=O) groups excluding carboxylic acids is 2. The Bertz CT molecular complexity index is 739. The van der Waals surface area contributed by atoms with Crippen molar-refractivity contribution in [3.63, 3.8) is 0 Å². The van der Waals surface area contributed by atoms with Gasteiger partial charge in [0.2, 0.25) is 11.8 Å². The van der Waals surface area contributed by atoms with Crippen molar-refractivity contribution in [2.24, 2.45) is 0 Å². The Labute approximate surface area is 155 Å². The van der Waals surface area contributed by atoms with Crippen LogP contribution in [0.5, 0.6) is 5.75 Å². The van der Waals surface area contributed by atoms with Gasteiger partial charge in [0.25, 0.3) is 0 Å². The summed E-state index contributed by atoms with van der Waals surface area (Å²) in [5.74, 6) is 0.475. The summed E-state index contributed by atoms with van der Waals surface area (Å²) in [6.07, 6.45) is 0.233. The predicted molar refractivity (Wildman–Crippen MR) is 102 cm³/mol. The zero-order chi connectivity index (χ0) is 19.1. The van der Waals surface area contributed by atoms with E-state index in [0.717, 1.165) is 22.4 Å². The van der Waals surface area contributed by atoms with Gasteiger partial charge in [-0.2, -0.15) is 0 Å². The molecule has 0 radical (unpaired) electrons. The van der Waals surface area contributed by atoms with E-state index in [1.165, 1.54) is 0 Å². The largest absolute Gasteiger partial charge is 0.497 e. The number of likely N-dealkylation sites (N-methyl/N-ethyl adjacent to an activating group) is 1. The van der Waals surface area contributed by atoms with Crippen LogP contribution < -0.4 is 10.1 Å². The molecular formula is C21H26N2O3. The van der Waals surface area contributed by atoms with Crippen LogP contribution in [0, 0.1) is 6.92 Å². The van der Waals surface area contributed by atoms with Crippen molar-refractivity contribution in [1.29, 1.82) is 0 Å². The Morgan fingerprint density at radius 2 is 1.62 bits per heavy atom. The van der Waals surface area contributed by atoms with Gasteiger partial charge in [0.05, 0.1) is 13.5 Å². The highest BCUT2D eigenvalue weighted by molar-refractivity contribution is 5.88. The molecule has 1 unspecified atom stereocenters.